The van der Waals surface area contributed by atoms with Crippen LogP contribution in [0.2, 0.25) is 0 Å². The SMILES string of the molecule is N#CCC(=O)NCC[n+]1ccc(-c2ccncc2)cc1. The lowest BCUT2D eigenvalue weighted by Gasteiger charge is -2.02. The molecular formula is C15H15N4O+. The van der Waals surface area contributed by atoms with E-state index < -0.39 is 0 Å². The molecule has 0 atom stereocenters. The van der Waals surface area contributed by atoms with E-state index in [1.165, 1.54) is 0 Å². The van der Waals surface area contributed by atoms with Crippen LogP contribution in [-0.2, 0) is 11.3 Å². The number of carbonyl (C=O) groups is 1. The van der Waals surface area contributed by atoms with Crippen LogP contribution >= 0.6 is 0 Å². The largest absolute Gasteiger partial charge is 0.349 e. The van der Waals surface area contributed by atoms with Gasteiger partial charge >= 0.3 is 0 Å². The molecule has 0 radical (unpaired) electrons. The first-order valence-electron chi connectivity index (χ1n) is 6.33. The lowest BCUT2D eigenvalue weighted by atomic mass is 10.1. The predicted molar refractivity (Wildman–Crippen MR) is 73.1 cm³/mol. The summed E-state index contributed by atoms with van der Waals surface area (Å²) in [6, 6.07) is 9.78. The highest BCUT2D eigenvalue weighted by Crippen LogP contribution is 2.15. The number of aromatic nitrogens is 2. The summed E-state index contributed by atoms with van der Waals surface area (Å²) in [6.45, 7) is 1.19. The summed E-state index contributed by atoms with van der Waals surface area (Å²) in [6.07, 6.45) is 7.37. The molecular weight excluding hydrogens is 252 g/mol. The fourth-order valence-corrected chi connectivity index (χ4v) is 1.80. The quantitative estimate of drug-likeness (QED) is 0.824. The van der Waals surface area contributed by atoms with Crippen LogP contribution in [0.5, 0.6) is 0 Å². The minimum atomic E-state index is -0.235. The highest BCUT2D eigenvalue weighted by atomic mass is 16.1. The molecule has 2 aromatic rings. The van der Waals surface area contributed by atoms with Gasteiger partial charge in [0.2, 0.25) is 5.91 Å². The average molecular weight is 267 g/mol. The van der Waals surface area contributed by atoms with Gasteiger partial charge in [-0.1, -0.05) is 0 Å². The summed E-state index contributed by atoms with van der Waals surface area (Å²) in [4.78, 5) is 15.1. The summed E-state index contributed by atoms with van der Waals surface area (Å²) in [5, 5.41) is 11.1. The van der Waals surface area contributed by atoms with E-state index in [2.05, 4.69) is 10.3 Å². The monoisotopic (exact) mass is 267 g/mol. The summed E-state index contributed by atoms with van der Waals surface area (Å²) >= 11 is 0. The Hall–Kier alpha value is -2.74. The number of carbonyl (C=O) groups excluding carboxylic acids is 1. The third kappa shape index (κ3) is 3.89. The fourth-order valence-electron chi connectivity index (χ4n) is 1.80. The van der Waals surface area contributed by atoms with E-state index in [0.29, 0.717) is 13.1 Å². The van der Waals surface area contributed by atoms with Gasteiger partial charge in [-0.2, -0.15) is 5.26 Å². The molecule has 0 aromatic carbocycles. The molecule has 0 aliphatic carbocycles. The van der Waals surface area contributed by atoms with E-state index in [0.717, 1.165) is 11.1 Å². The number of nitriles is 1. The van der Waals surface area contributed by atoms with Crippen molar-refractivity contribution >= 4 is 5.91 Å². The predicted octanol–water partition coefficient (Wildman–Crippen LogP) is 1.07. The maximum Gasteiger partial charge on any atom is 0.234 e. The second-order valence-corrected chi connectivity index (χ2v) is 4.25. The van der Waals surface area contributed by atoms with Crippen LogP contribution in [0.1, 0.15) is 6.42 Å². The number of hydrogen-bond acceptors (Lipinski definition) is 3. The first-order chi connectivity index (χ1) is 9.79. The molecule has 20 heavy (non-hydrogen) atoms. The third-order valence-electron chi connectivity index (χ3n) is 2.84. The number of pyridine rings is 2. The Morgan fingerprint density at radius 3 is 2.50 bits per heavy atom. The first kappa shape index (κ1) is 13.7. The zero-order chi connectivity index (χ0) is 14.2. The summed E-state index contributed by atoms with van der Waals surface area (Å²) in [5.74, 6) is -0.235. The lowest BCUT2D eigenvalue weighted by Crippen LogP contribution is -2.39. The molecule has 100 valence electrons. The molecule has 5 nitrogen and oxygen atoms in total. The van der Waals surface area contributed by atoms with Gasteiger partial charge in [-0.05, 0) is 23.3 Å². The van der Waals surface area contributed by atoms with E-state index in [4.69, 9.17) is 5.26 Å². The Labute approximate surface area is 117 Å². The molecule has 1 N–H and O–H groups in total. The molecule has 0 saturated carbocycles. The van der Waals surface area contributed by atoms with Gasteiger partial charge in [0.1, 0.15) is 6.42 Å². The highest BCUT2D eigenvalue weighted by Gasteiger charge is 2.04. The van der Waals surface area contributed by atoms with Crippen LogP contribution in [0.25, 0.3) is 11.1 Å². The maximum absolute atomic E-state index is 11.1. The molecule has 5 heteroatoms. The Kier molecular flexibility index (Phi) is 4.79. The van der Waals surface area contributed by atoms with Gasteiger partial charge < -0.3 is 5.32 Å². The van der Waals surface area contributed by atoms with E-state index in [9.17, 15) is 4.79 Å². The van der Waals surface area contributed by atoms with E-state index in [1.807, 2.05) is 47.3 Å². The van der Waals surface area contributed by atoms with Crippen LogP contribution in [0, 0.1) is 11.3 Å². The minimum Gasteiger partial charge on any atom is -0.349 e. The normalized spacial score (nSPS) is 9.75. The fraction of sp³-hybridized carbons (Fsp3) is 0.200. The van der Waals surface area contributed by atoms with Gasteiger partial charge in [0.25, 0.3) is 0 Å². The van der Waals surface area contributed by atoms with E-state index in [1.54, 1.807) is 12.4 Å². The number of rotatable bonds is 5. The smallest absolute Gasteiger partial charge is 0.234 e. The van der Waals surface area contributed by atoms with Crippen molar-refractivity contribution in [3.63, 3.8) is 0 Å². The Balaban J connectivity index is 1.89. The topological polar surface area (TPSA) is 69.7 Å². The molecule has 0 unspecified atom stereocenters. The number of nitrogens with one attached hydrogen (secondary N) is 1. The second-order valence-electron chi connectivity index (χ2n) is 4.25. The van der Waals surface area contributed by atoms with Gasteiger partial charge in [0.05, 0.1) is 12.6 Å². The Bertz CT molecular complexity index is 602. The zero-order valence-electron chi connectivity index (χ0n) is 11.0. The van der Waals surface area contributed by atoms with Crippen molar-refractivity contribution in [2.75, 3.05) is 6.54 Å². The number of amides is 1. The van der Waals surface area contributed by atoms with Crippen LogP contribution in [-0.4, -0.2) is 17.4 Å². The van der Waals surface area contributed by atoms with Gasteiger partial charge in [-0.25, -0.2) is 4.57 Å². The molecule has 0 aliphatic rings. The van der Waals surface area contributed by atoms with Crippen molar-refractivity contribution in [3.8, 4) is 17.2 Å². The molecule has 2 aromatic heterocycles. The van der Waals surface area contributed by atoms with Crippen molar-refractivity contribution in [2.45, 2.75) is 13.0 Å². The summed E-state index contributed by atoms with van der Waals surface area (Å²) in [7, 11) is 0. The van der Waals surface area contributed by atoms with E-state index in [-0.39, 0.29) is 12.3 Å². The van der Waals surface area contributed by atoms with Gasteiger partial charge in [0.15, 0.2) is 18.9 Å². The molecule has 0 aliphatic heterocycles. The zero-order valence-corrected chi connectivity index (χ0v) is 11.0. The van der Waals surface area contributed by atoms with Gasteiger partial charge in [-0.3, -0.25) is 9.78 Å². The maximum atomic E-state index is 11.1. The van der Waals surface area contributed by atoms with Crippen LogP contribution in [0.3, 0.4) is 0 Å². The molecule has 2 heterocycles. The van der Waals surface area contributed by atoms with E-state index >= 15 is 0 Å². The van der Waals surface area contributed by atoms with Crippen molar-refractivity contribution in [2.24, 2.45) is 0 Å². The molecule has 0 saturated heterocycles. The van der Waals surface area contributed by atoms with Crippen molar-refractivity contribution in [1.29, 1.82) is 5.26 Å². The number of hydrogen-bond donors (Lipinski definition) is 1. The van der Waals surface area contributed by atoms with Crippen molar-refractivity contribution < 1.29 is 9.36 Å². The molecule has 0 fully saturated rings. The third-order valence-corrected chi connectivity index (χ3v) is 2.84. The van der Waals surface area contributed by atoms with Crippen LogP contribution < -0.4 is 9.88 Å². The van der Waals surface area contributed by atoms with Crippen molar-refractivity contribution in [1.82, 2.24) is 10.3 Å². The highest BCUT2D eigenvalue weighted by molar-refractivity contribution is 5.77. The second kappa shape index (κ2) is 7.00. The molecule has 1 amide bonds. The Morgan fingerprint density at radius 1 is 1.20 bits per heavy atom. The summed E-state index contributed by atoms with van der Waals surface area (Å²) in [5.41, 5.74) is 2.24. The Morgan fingerprint density at radius 2 is 1.85 bits per heavy atom. The van der Waals surface area contributed by atoms with Crippen LogP contribution in [0.15, 0.2) is 49.1 Å². The summed E-state index contributed by atoms with van der Waals surface area (Å²) < 4.78 is 1.98. The molecule has 0 bridgehead atoms. The lowest BCUT2D eigenvalue weighted by molar-refractivity contribution is -0.694. The van der Waals surface area contributed by atoms with Gasteiger partial charge in [-0.15, -0.1) is 0 Å². The standard InChI is InChI=1S/C15H14N4O/c16-6-1-15(20)18-9-12-19-10-4-14(5-11-19)13-2-7-17-8-3-13/h2-5,7-8,10-11H,1,9,12H2/p+1. The molecule has 2 rings (SSSR count). The van der Waals surface area contributed by atoms with Crippen LogP contribution in [0.4, 0.5) is 0 Å². The average Bonchev–Trinajstić information content (AvgIpc) is 2.49. The minimum absolute atomic E-state index is 0.0916. The van der Waals surface area contributed by atoms with Crippen molar-refractivity contribution in [3.05, 3.63) is 49.1 Å². The first-order valence-corrected chi connectivity index (χ1v) is 6.33. The number of nitrogens with zero attached hydrogens (tertiary/aromatic N) is 3. The van der Waals surface area contributed by atoms with Gasteiger partial charge in [0, 0.05) is 24.5 Å². The molecule has 0 spiro atoms.